The average molecular weight is 236 g/mol. The van der Waals surface area contributed by atoms with E-state index in [0.717, 1.165) is 6.61 Å². The van der Waals surface area contributed by atoms with Gasteiger partial charge in [-0.15, -0.1) is 0 Å². The van der Waals surface area contributed by atoms with E-state index in [1.807, 2.05) is 19.9 Å². The van der Waals surface area contributed by atoms with Crippen molar-refractivity contribution in [3.63, 3.8) is 0 Å². The van der Waals surface area contributed by atoms with Gasteiger partial charge in [-0.2, -0.15) is 0 Å². The summed E-state index contributed by atoms with van der Waals surface area (Å²) >= 11 is 0. The molecular weight excluding hydrogens is 208 g/mol. The van der Waals surface area contributed by atoms with Gasteiger partial charge in [0, 0.05) is 6.61 Å². The highest BCUT2D eigenvalue weighted by Gasteiger charge is 2.14. The maximum Gasteiger partial charge on any atom is 0.0824 e. The van der Waals surface area contributed by atoms with E-state index in [1.165, 1.54) is 31.2 Å². The maximum atomic E-state index is 5.66. The van der Waals surface area contributed by atoms with Gasteiger partial charge in [0.25, 0.3) is 0 Å². The van der Waals surface area contributed by atoms with Crippen LogP contribution in [0.1, 0.15) is 65.0 Å². The largest absolute Gasteiger partial charge is 0.374 e. The molecule has 1 nitrogen and oxygen atoms in total. The topological polar surface area (TPSA) is 9.23 Å². The zero-order chi connectivity index (χ0) is 12.9. The fraction of sp³-hybridized carbons (Fsp3) is 0.625. The van der Waals surface area contributed by atoms with Crippen LogP contribution in [0, 0.1) is 0 Å². The van der Waals surface area contributed by atoms with Crippen molar-refractivity contribution < 1.29 is 4.74 Å². The third-order valence-electron chi connectivity index (χ3n) is 2.35. The van der Waals surface area contributed by atoms with E-state index in [9.17, 15) is 0 Å². The smallest absolute Gasteiger partial charge is 0.0824 e. The van der Waals surface area contributed by atoms with Gasteiger partial charge in [-0.05, 0) is 24.8 Å². The predicted molar refractivity (Wildman–Crippen MR) is 76.3 cm³/mol. The van der Waals surface area contributed by atoms with Crippen molar-refractivity contribution in [2.45, 2.75) is 59.5 Å². The molecule has 0 N–H and O–H groups in total. The third-order valence-corrected chi connectivity index (χ3v) is 2.35. The van der Waals surface area contributed by atoms with Crippen LogP contribution < -0.4 is 0 Å². The summed E-state index contributed by atoms with van der Waals surface area (Å²) in [6, 6.07) is 10.5. The Balaban J connectivity index is 0.000000450. The first-order valence-electron chi connectivity index (χ1n) is 7.05. The second-order valence-electron chi connectivity index (χ2n) is 3.97. The quantitative estimate of drug-likeness (QED) is 0.637. The number of rotatable bonds is 1. The lowest BCUT2D eigenvalue weighted by molar-refractivity contribution is 0.0149. The fourth-order valence-electron chi connectivity index (χ4n) is 1.67. The van der Waals surface area contributed by atoms with Gasteiger partial charge in [0.2, 0.25) is 0 Å². The molecule has 0 amide bonds. The Labute approximate surface area is 107 Å². The summed E-state index contributed by atoms with van der Waals surface area (Å²) in [6.45, 7) is 9.18. The Morgan fingerprint density at radius 3 is 2.12 bits per heavy atom. The van der Waals surface area contributed by atoms with Gasteiger partial charge in [-0.25, -0.2) is 0 Å². The van der Waals surface area contributed by atoms with Crippen molar-refractivity contribution in [3.8, 4) is 0 Å². The summed E-state index contributed by atoms with van der Waals surface area (Å²) in [5.41, 5.74) is 1.33. The van der Waals surface area contributed by atoms with E-state index in [0.29, 0.717) is 6.10 Å². The summed E-state index contributed by atoms with van der Waals surface area (Å²) in [6.07, 6.45) is 5.33. The SMILES string of the molecule is CC.CCC.c1ccc([C@H]2CCCCO2)cc1. The molecule has 1 heteroatoms. The second kappa shape index (κ2) is 11.7. The molecule has 1 aliphatic rings. The highest BCUT2D eigenvalue weighted by Crippen LogP contribution is 2.26. The Kier molecular flexibility index (Phi) is 11.1. The normalized spacial score (nSPS) is 18.2. The summed E-state index contributed by atoms with van der Waals surface area (Å²) in [7, 11) is 0. The highest BCUT2D eigenvalue weighted by molar-refractivity contribution is 5.17. The molecule has 0 aliphatic carbocycles. The molecule has 0 saturated carbocycles. The molecule has 1 fully saturated rings. The van der Waals surface area contributed by atoms with Gasteiger partial charge in [-0.1, -0.05) is 64.4 Å². The fourth-order valence-corrected chi connectivity index (χ4v) is 1.67. The molecule has 17 heavy (non-hydrogen) atoms. The minimum Gasteiger partial charge on any atom is -0.374 e. The van der Waals surface area contributed by atoms with Crippen LogP contribution in [0.2, 0.25) is 0 Å². The maximum absolute atomic E-state index is 5.66. The first-order chi connectivity index (χ1) is 8.38. The Morgan fingerprint density at radius 1 is 1.06 bits per heavy atom. The minimum atomic E-state index is 0.361. The molecule has 0 unspecified atom stereocenters. The van der Waals surface area contributed by atoms with Crippen LogP contribution in [-0.4, -0.2) is 6.61 Å². The van der Waals surface area contributed by atoms with Crippen LogP contribution in [0.25, 0.3) is 0 Å². The van der Waals surface area contributed by atoms with Crippen molar-refractivity contribution in [2.75, 3.05) is 6.61 Å². The number of hydrogen-bond donors (Lipinski definition) is 0. The lowest BCUT2D eigenvalue weighted by Gasteiger charge is -2.22. The summed E-state index contributed by atoms with van der Waals surface area (Å²) in [5, 5.41) is 0. The second-order valence-corrected chi connectivity index (χ2v) is 3.97. The Bertz CT molecular complexity index is 237. The molecule has 0 spiro atoms. The average Bonchev–Trinajstić information content (AvgIpc) is 2.44. The van der Waals surface area contributed by atoms with E-state index in [2.05, 4.69) is 38.1 Å². The molecular formula is C16H28O. The molecule has 1 aromatic carbocycles. The Hall–Kier alpha value is -0.820. The Morgan fingerprint density at radius 2 is 1.65 bits per heavy atom. The van der Waals surface area contributed by atoms with Gasteiger partial charge < -0.3 is 4.74 Å². The number of benzene rings is 1. The molecule has 1 atom stereocenters. The lowest BCUT2D eigenvalue weighted by Crippen LogP contribution is -2.11. The van der Waals surface area contributed by atoms with Gasteiger partial charge in [0.05, 0.1) is 6.10 Å². The summed E-state index contributed by atoms with van der Waals surface area (Å²) in [5.74, 6) is 0. The van der Waals surface area contributed by atoms with E-state index in [-0.39, 0.29) is 0 Å². The van der Waals surface area contributed by atoms with Gasteiger partial charge in [0.1, 0.15) is 0 Å². The van der Waals surface area contributed by atoms with Crippen LogP contribution in [0.5, 0.6) is 0 Å². The highest BCUT2D eigenvalue weighted by atomic mass is 16.5. The van der Waals surface area contributed by atoms with Crippen molar-refractivity contribution in [3.05, 3.63) is 35.9 Å². The van der Waals surface area contributed by atoms with Crippen molar-refractivity contribution in [2.24, 2.45) is 0 Å². The van der Waals surface area contributed by atoms with E-state index >= 15 is 0 Å². The van der Waals surface area contributed by atoms with Crippen LogP contribution in [0.3, 0.4) is 0 Å². The first-order valence-corrected chi connectivity index (χ1v) is 7.05. The molecule has 1 aliphatic heterocycles. The molecule has 1 aromatic rings. The van der Waals surface area contributed by atoms with Crippen molar-refractivity contribution in [1.29, 1.82) is 0 Å². The predicted octanol–water partition coefficient (Wildman–Crippen LogP) is 5.37. The zero-order valence-electron chi connectivity index (χ0n) is 11.9. The lowest BCUT2D eigenvalue weighted by atomic mass is 10.0. The molecule has 2 rings (SSSR count). The molecule has 0 aromatic heterocycles. The third kappa shape index (κ3) is 7.17. The first kappa shape index (κ1) is 16.2. The molecule has 98 valence electrons. The molecule has 1 heterocycles. The van der Waals surface area contributed by atoms with Crippen LogP contribution >= 0.6 is 0 Å². The van der Waals surface area contributed by atoms with Crippen LogP contribution in [-0.2, 0) is 4.74 Å². The molecule has 1 saturated heterocycles. The standard InChI is InChI=1S/C11H14O.C3H8.C2H6/c1-2-6-10(7-3-1)11-8-4-5-9-12-11;1-3-2;1-2/h1-3,6-7,11H,4-5,8-9H2;3H2,1-2H3;1-2H3/t11-;;/m1../s1. The van der Waals surface area contributed by atoms with E-state index < -0.39 is 0 Å². The molecule has 0 radical (unpaired) electrons. The summed E-state index contributed by atoms with van der Waals surface area (Å²) in [4.78, 5) is 0. The van der Waals surface area contributed by atoms with Gasteiger partial charge in [-0.3, -0.25) is 0 Å². The van der Waals surface area contributed by atoms with E-state index in [1.54, 1.807) is 0 Å². The monoisotopic (exact) mass is 236 g/mol. The van der Waals surface area contributed by atoms with Gasteiger partial charge >= 0.3 is 0 Å². The zero-order valence-corrected chi connectivity index (χ0v) is 11.9. The van der Waals surface area contributed by atoms with Gasteiger partial charge in [0.15, 0.2) is 0 Å². The molecule has 0 bridgehead atoms. The summed E-state index contributed by atoms with van der Waals surface area (Å²) < 4.78 is 5.66. The number of hydrogen-bond acceptors (Lipinski definition) is 1. The van der Waals surface area contributed by atoms with Crippen molar-refractivity contribution >= 4 is 0 Å². The van der Waals surface area contributed by atoms with Crippen LogP contribution in [0.15, 0.2) is 30.3 Å². The minimum absolute atomic E-state index is 0.361. The van der Waals surface area contributed by atoms with Crippen LogP contribution in [0.4, 0.5) is 0 Å². The number of ether oxygens (including phenoxy) is 1. The van der Waals surface area contributed by atoms with Crippen molar-refractivity contribution in [1.82, 2.24) is 0 Å². The van der Waals surface area contributed by atoms with E-state index in [4.69, 9.17) is 4.74 Å².